The first kappa shape index (κ1) is 22.7. The second-order valence-electron chi connectivity index (χ2n) is 8.06. The second kappa shape index (κ2) is 9.99. The Morgan fingerprint density at radius 2 is 1.76 bits per heavy atom. The quantitative estimate of drug-likeness (QED) is 0.409. The molecule has 1 aliphatic rings. The van der Waals surface area contributed by atoms with Gasteiger partial charge in [-0.1, -0.05) is 28.8 Å². The molecule has 1 fully saturated rings. The minimum atomic E-state index is -0.735. The molecule has 0 unspecified atom stereocenters. The van der Waals surface area contributed by atoms with Crippen LogP contribution >= 0.6 is 11.6 Å². The van der Waals surface area contributed by atoms with Gasteiger partial charge in [-0.05, 0) is 73.4 Å². The van der Waals surface area contributed by atoms with E-state index >= 15 is 0 Å². The third-order valence-corrected chi connectivity index (χ3v) is 6.05. The number of carboxylic acids is 1. The Bertz CT molecular complexity index is 1140. The number of benzene rings is 2. The number of aliphatic carboxylic acids is 1. The van der Waals surface area contributed by atoms with Crippen LogP contribution < -0.4 is 10.6 Å². The van der Waals surface area contributed by atoms with Crippen LogP contribution in [0.1, 0.15) is 54.3 Å². The van der Waals surface area contributed by atoms with Crippen LogP contribution in [0.4, 0.5) is 21.8 Å². The van der Waals surface area contributed by atoms with E-state index in [0.717, 1.165) is 25.7 Å². The molecule has 4 rings (SSSR count). The van der Waals surface area contributed by atoms with Gasteiger partial charge in [0.05, 0.1) is 5.02 Å². The first-order valence-electron chi connectivity index (χ1n) is 10.6. The highest BCUT2D eigenvalue weighted by atomic mass is 35.5. The number of rotatable bonds is 7. The molecule has 1 heterocycles. The van der Waals surface area contributed by atoms with Crippen molar-refractivity contribution in [2.75, 3.05) is 10.6 Å². The number of carbonyl (C=O) groups excluding carboxylic acids is 1. The lowest BCUT2D eigenvalue weighted by Crippen LogP contribution is -2.16. The van der Waals surface area contributed by atoms with Gasteiger partial charge in [0.1, 0.15) is 5.82 Å². The molecule has 1 saturated carbocycles. The zero-order chi connectivity index (χ0) is 23.4. The smallest absolute Gasteiger partial charge is 0.320 e. The lowest BCUT2D eigenvalue weighted by molar-refractivity contribution is -0.138. The summed E-state index contributed by atoms with van der Waals surface area (Å²) in [5, 5.41) is 21.8. The Morgan fingerprint density at radius 3 is 2.42 bits per heavy atom. The average Bonchev–Trinajstić information content (AvgIpc) is 3.26. The summed E-state index contributed by atoms with van der Waals surface area (Å²) in [7, 11) is 0. The topological polar surface area (TPSA) is 117 Å². The van der Waals surface area contributed by atoms with E-state index < -0.39 is 17.7 Å². The molecule has 1 aromatic heterocycles. The van der Waals surface area contributed by atoms with E-state index in [4.69, 9.17) is 21.1 Å². The number of aromatic nitrogens is 2. The number of hydrogen-bond donors (Lipinski definition) is 3. The fraction of sp³-hybridized carbons (Fsp3) is 0.304. The van der Waals surface area contributed by atoms with Gasteiger partial charge in [0, 0.05) is 17.8 Å². The van der Waals surface area contributed by atoms with Crippen molar-refractivity contribution in [3.05, 3.63) is 64.8 Å². The number of halogens is 2. The lowest BCUT2D eigenvalue weighted by atomic mass is 9.77. The SMILES string of the molecule is O=C(O)C[C@H]1CC[C@H](c2ccc(NC(=O)c3nnc(Nc4ccc(Cl)c(F)c4)o3)cc2)CC1. The number of nitrogens with zero attached hydrogens (tertiary/aromatic N) is 2. The highest BCUT2D eigenvalue weighted by molar-refractivity contribution is 6.30. The highest BCUT2D eigenvalue weighted by Gasteiger charge is 2.24. The van der Waals surface area contributed by atoms with E-state index in [1.807, 2.05) is 24.3 Å². The Balaban J connectivity index is 1.32. The van der Waals surface area contributed by atoms with Crippen LogP contribution in [0.25, 0.3) is 0 Å². The average molecular weight is 473 g/mol. The molecule has 2 aromatic carbocycles. The number of carbonyl (C=O) groups is 2. The molecule has 0 spiro atoms. The minimum absolute atomic E-state index is 0.0111. The van der Waals surface area contributed by atoms with Gasteiger partial charge in [0.25, 0.3) is 0 Å². The molecule has 8 nitrogen and oxygen atoms in total. The summed E-state index contributed by atoms with van der Waals surface area (Å²) in [5.74, 6) is -1.50. The first-order valence-corrected chi connectivity index (χ1v) is 10.9. The van der Waals surface area contributed by atoms with Crippen LogP contribution in [-0.2, 0) is 4.79 Å². The van der Waals surface area contributed by atoms with Crippen molar-refractivity contribution < 1.29 is 23.5 Å². The van der Waals surface area contributed by atoms with Crippen molar-refractivity contribution >= 4 is 40.9 Å². The van der Waals surface area contributed by atoms with E-state index in [1.165, 1.54) is 23.8 Å². The minimum Gasteiger partial charge on any atom is -0.481 e. The number of hydrogen-bond acceptors (Lipinski definition) is 6. The summed E-state index contributed by atoms with van der Waals surface area (Å²) >= 11 is 5.66. The molecule has 3 aromatic rings. The monoisotopic (exact) mass is 472 g/mol. The molecule has 0 saturated heterocycles. The predicted molar refractivity (Wildman–Crippen MR) is 120 cm³/mol. The summed E-state index contributed by atoms with van der Waals surface area (Å²) in [4.78, 5) is 23.3. The number of nitrogens with one attached hydrogen (secondary N) is 2. The molecule has 0 radical (unpaired) electrons. The van der Waals surface area contributed by atoms with E-state index in [0.29, 0.717) is 17.3 Å². The zero-order valence-corrected chi connectivity index (χ0v) is 18.3. The van der Waals surface area contributed by atoms with Gasteiger partial charge >= 0.3 is 23.8 Å². The van der Waals surface area contributed by atoms with E-state index in [9.17, 15) is 14.0 Å². The molecule has 0 bridgehead atoms. The summed E-state index contributed by atoms with van der Waals surface area (Å²) in [6.45, 7) is 0. The molecule has 10 heteroatoms. The van der Waals surface area contributed by atoms with Crippen LogP contribution in [-0.4, -0.2) is 27.2 Å². The maximum atomic E-state index is 13.5. The highest BCUT2D eigenvalue weighted by Crippen LogP contribution is 2.37. The molecular weight excluding hydrogens is 451 g/mol. The van der Waals surface area contributed by atoms with Crippen LogP contribution in [0, 0.1) is 11.7 Å². The van der Waals surface area contributed by atoms with Gasteiger partial charge in [0.2, 0.25) is 0 Å². The summed E-state index contributed by atoms with van der Waals surface area (Å²) < 4.78 is 18.8. The van der Waals surface area contributed by atoms with Crippen LogP contribution in [0.15, 0.2) is 46.9 Å². The Labute approximate surface area is 194 Å². The third kappa shape index (κ3) is 5.87. The molecule has 3 N–H and O–H groups in total. The normalized spacial score (nSPS) is 18.0. The van der Waals surface area contributed by atoms with Gasteiger partial charge in [-0.15, -0.1) is 5.10 Å². The van der Waals surface area contributed by atoms with E-state index in [-0.39, 0.29) is 29.3 Å². The predicted octanol–water partition coefficient (Wildman–Crippen LogP) is 5.61. The van der Waals surface area contributed by atoms with Gasteiger partial charge in [0.15, 0.2) is 0 Å². The van der Waals surface area contributed by atoms with Gasteiger partial charge in [-0.3, -0.25) is 9.59 Å². The van der Waals surface area contributed by atoms with E-state index in [2.05, 4.69) is 20.8 Å². The van der Waals surface area contributed by atoms with Crippen LogP contribution in [0.3, 0.4) is 0 Å². The maximum absolute atomic E-state index is 13.5. The Kier molecular flexibility index (Phi) is 6.88. The summed E-state index contributed by atoms with van der Waals surface area (Å²) in [5.41, 5.74) is 2.09. The fourth-order valence-corrected chi connectivity index (χ4v) is 4.15. The molecular formula is C23H22ClFN4O4. The Morgan fingerprint density at radius 1 is 1.06 bits per heavy atom. The molecule has 172 valence electrons. The molecule has 1 amide bonds. The third-order valence-electron chi connectivity index (χ3n) is 5.74. The van der Waals surface area contributed by atoms with Crippen molar-refractivity contribution in [2.45, 2.75) is 38.0 Å². The first-order chi connectivity index (χ1) is 15.9. The van der Waals surface area contributed by atoms with Gasteiger partial charge < -0.3 is 20.2 Å². The molecule has 0 atom stereocenters. The second-order valence-corrected chi connectivity index (χ2v) is 8.47. The summed E-state index contributed by atoms with van der Waals surface area (Å²) in [6.07, 6.45) is 3.97. The molecule has 0 aliphatic heterocycles. The number of carboxylic acid groups (broad SMARTS) is 1. The molecule has 33 heavy (non-hydrogen) atoms. The van der Waals surface area contributed by atoms with Crippen molar-refractivity contribution in [3.8, 4) is 0 Å². The van der Waals surface area contributed by atoms with Crippen molar-refractivity contribution in [3.63, 3.8) is 0 Å². The number of amides is 1. The molecule has 1 aliphatic carbocycles. The zero-order valence-electron chi connectivity index (χ0n) is 17.6. The van der Waals surface area contributed by atoms with Crippen molar-refractivity contribution in [2.24, 2.45) is 5.92 Å². The lowest BCUT2D eigenvalue weighted by Gasteiger charge is -2.28. The van der Waals surface area contributed by atoms with Crippen LogP contribution in [0.2, 0.25) is 5.02 Å². The van der Waals surface area contributed by atoms with Crippen LogP contribution in [0.5, 0.6) is 0 Å². The van der Waals surface area contributed by atoms with Gasteiger partial charge in [-0.2, -0.15) is 0 Å². The maximum Gasteiger partial charge on any atom is 0.320 e. The van der Waals surface area contributed by atoms with Gasteiger partial charge in [-0.25, -0.2) is 4.39 Å². The standard InChI is InChI=1S/C23H22ClFN4O4/c24-18-10-9-17(12-19(18)25)27-23-29-28-22(33-23)21(32)26-16-7-5-15(6-8-16)14-3-1-13(2-4-14)11-20(30)31/h5-10,12-14H,1-4,11H2,(H,26,32)(H,27,29)(H,30,31)/t13-,14-. The fourth-order valence-electron chi connectivity index (χ4n) is 4.03. The number of anilines is 3. The largest absolute Gasteiger partial charge is 0.481 e. The van der Waals surface area contributed by atoms with Crippen molar-refractivity contribution in [1.29, 1.82) is 0 Å². The Hall–Kier alpha value is -3.46. The van der Waals surface area contributed by atoms with Crippen molar-refractivity contribution in [1.82, 2.24) is 10.2 Å². The summed E-state index contributed by atoms with van der Waals surface area (Å²) in [6, 6.07) is 11.6. The van der Waals surface area contributed by atoms with E-state index in [1.54, 1.807) is 0 Å².